The monoisotopic (exact) mass is 297 g/mol. The summed E-state index contributed by atoms with van der Waals surface area (Å²) >= 11 is 3.43. The molecule has 1 aromatic rings. The Kier molecular flexibility index (Phi) is 4.40. The number of thiazole rings is 1. The van der Waals surface area contributed by atoms with E-state index in [-0.39, 0.29) is 5.91 Å². The quantitative estimate of drug-likeness (QED) is 0.893. The molecule has 19 heavy (non-hydrogen) atoms. The summed E-state index contributed by atoms with van der Waals surface area (Å²) in [7, 11) is 0. The van der Waals surface area contributed by atoms with Crippen molar-refractivity contribution in [3.8, 4) is 0 Å². The first-order valence-electron chi connectivity index (χ1n) is 6.92. The van der Waals surface area contributed by atoms with Crippen LogP contribution < -0.4 is 10.6 Å². The third-order valence-electron chi connectivity index (χ3n) is 3.58. The molecule has 1 fully saturated rings. The highest BCUT2D eigenvalue weighted by Gasteiger charge is 2.19. The van der Waals surface area contributed by atoms with E-state index in [0.29, 0.717) is 11.0 Å². The highest BCUT2D eigenvalue weighted by molar-refractivity contribution is 8.00. The number of amides is 1. The van der Waals surface area contributed by atoms with Gasteiger partial charge in [-0.2, -0.15) is 0 Å². The minimum absolute atomic E-state index is 0.0935. The summed E-state index contributed by atoms with van der Waals surface area (Å²) in [5.41, 5.74) is 1.20. The van der Waals surface area contributed by atoms with E-state index in [1.165, 1.54) is 29.8 Å². The summed E-state index contributed by atoms with van der Waals surface area (Å²) in [6.07, 6.45) is 5.76. The van der Waals surface area contributed by atoms with Crippen LogP contribution in [0.1, 0.15) is 29.8 Å². The minimum Gasteiger partial charge on any atom is -0.317 e. The molecule has 1 aromatic heterocycles. The number of rotatable bonds is 4. The fraction of sp³-hybridized carbons (Fsp3) is 0.692. The third kappa shape index (κ3) is 3.49. The molecule has 3 rings (SSSR count). The lowest BCUT2D eigenvalue weighted by molar-refractivity contribution is -0.113. The maximum atomic E-state index is 11.9. The lowest BCUT2D eigenvalue weighted by atomic mass is 10.2. The highest BCUT2D eigenvalue weighted by atomic mass is 32.2. The van der Waals surface area contributed by atoms with Gasteiger partial charge in [0.1, 0.15) is 0 Å². The molecular formula is C13H19N3OS2. The molecule has 0 atom stereocenters. The Morgan fingerprint density at radius 2 is 2.26 bits per heavy atom. The van der Waals surface area contributed by atoms with Gasteiger partial charge >= 0.3 is 0 Å². The van der Waals surface area contributed by atoms with E-state index in [1.54, 1.807) is 23.1 Å². The van der Waals surface area contributed by atoms with Crippen molar-refractivity contribution in [2.75, 3.05) is 24.2 Å². The Morgan fingerprint density at radius 1 is 1.42 bits per heavy atom. The van der Waals surface area contributed by atoms with Gasteiger partial charge in [0.25, 0.3) is 0 Å². The molecule has 0 spiro atoms. The van der Waals surface area contributed by atoms with Gasteiger partial charge in [-0.3, -0.25) is 4.79 Å². The average Bonchev–Trinajstić information content (AvgIpc) is 2.98. The molecule has 1 aliphatic heterocycles. The molecular weight excluding hydrogens is 278 g/mol. The summed E-state index contributed by atoms with van der Waals surface area (Å²) in [6, 6.07) is 0. The number of thioether (sulfide) groups is 1. The van der Waals surface area contributed by atoms with Gasteiger partial charge in [-0.25, -0.2) is 4.98 Å². The normalized spacial score (nSPS) is 19.4. The Balaban J connectivity index is 1.45. The first-order chi connectivity index (χ1) is 9.31. The van der Waals surface area contributed by atoms with Crippen LogP contribution in [0.15, 0.2) is 0 Å². The van der Waals surface area contributed by atoms with E-state index in [0.717, 1.165) is 31.1 Å². The summed E-state index contributed by atoms with van der Waals surface area (Å²) in [4.78, 5) is 17.8. The SMILES string of the molecule is O=C(CSC1CCNCC1)Nc1nc2c(s1)CCC2. The molecule has 0 bridgehead atoms. The summed E-state index contributed by atoms with van der Waals surface area (Å²) in [5, 5.41) is 7.71. The summed E-state index contributed by atoms with van der Waals surface area (Å²) < 4.78 is 0. The molecule has 6 heteroatoms. The van der Waals surface area contributed by atoms with E-state index in [9.17, 15) is 4.79 Å². The number of nitrogens with one attached hydrogen (secondary N) is 2. The second-order valence-corrected chi connectivity index (χ2v) is 7.42. The molecule has 2 N–H and O–H groups in total. The van der Waals surface area contributed by atoms with Crippen LogP contribution in [-0.4, -0.2) is 35.0 Å². The van der Waals surface area contributed by atoms with Gasteiger partial charge in [-0.1, -0.05) is 0 Å². The van der Waals surface area contributed by atoms with Crippen LogP contribution in [0, 0.1) is 0 Å². The van der Waals surface area contributed by atoms with Crippen molar-refractivity contribution >= 4 is 34.1 Å². The number of carbonyl (C=O) groups excluding carboxylic acids is 1. The number of anilines is 1. The molecule has 0 radical (unpaired) electrons. The van der Waals surface area contributed by atoms with Crippen molar-refractivity contribution in [3.63, 3.8) is 0 Å². The predicted octanol–water partition coefficient (Wildman–Crippen LogP) is 2.06. The molecule has 1 amide bonds. The molecule has 0 unspecified atom stereocenters. The van der Waals surface area contributed by atoms with Crippen LogP contribution >= 0.6 is 23.1 Å². The number of nitrogens with zero attached hydrogens (tertiary/aromatic N) is 1. The number of fused-ring (bicyclic) bond motifs is 1. The van der Waals surface area contributed by atoms with Crippen LogP contribution in [0.2, 0.25) is 0 Å². The number of hydrogen-bond donors (Lipinski definition) is 2. The van der Waals surface area contributed by atoms with Gasteiger partial charge in [0.05, 0.1) is 11.4 Å². The summed E-state index contributed by atoms with van der Waals surface area (Å²) in [5.74, 6) is 0.644. The number of aromatic nitrogens is 1. The molecule has 1 saturated heterocycles. The molecule has 2 heterocycles. The van der Waals surface area contributed by atoms with Crippen molar-refractivity contribution in [1.82, 2.24) is 10.3 Å². The molecule has 2 aliphatic rings. The molecule has 104 valence electrons. The van der Waals surface area contributed by atoms with Crippen molar-refractivity contribution in [3.05, 3.63) is 10.6 Å². The van der Waals surface area contributed by atoms with E-state index >= 15 is 0 Å². The minimum atomic E-state index is 0.0935. The fourth-order valence-electron chi connectivity index (χ4n) is 2.55. The van der Waals surface area contributed by atoms with E-state index < -0.39 is 0 Å². The maximum absolute atomic E-state index is 11.9. The van der Waals surface area contributed by atoms with Crippen LogP contribution in [0.3, 0.4) is 0 Å². The zero-order valence-electron chi connectivity index (χ0n) is 10.9. The van der Waals surface area contributed by atoms with Crippen LogP contribution in [-0.2, 0) is 17.6 Å². The molecule has 0 saturated carbocycles. The fourth-order valence-corrected chi connectivity index (χ4v) is 4.65. The van der Waals surface area contributed by atoms with Gasteiger partial charge in [-0.15, -0.1) is 23.1 Å². The zero-order chi connectivity index (χ0) is 13.1. The van der Waals surface area contributed by atoms with Gasteiger partial charge in [0.2, 0.25) is 5.91 Å². The third-order valence-corrected chi connectivity index (χ3v) is 6.02. The standard InChI is InChI=1S/C13H19N3OS2/c17-12(8-18-9-4-6-14-7-5-9)16-13-15-10-2-1-3-11(10)19-13/h9,14H,1-8H2,(H,15,16,17). The number of aryl methyl sites for hydroxylation is 2. The lowest BCUT2D eigenvalue weighted by Gasteiger charge is -2.21. The first-order valence-corrected chi connectivity index (χ1v) is 8.78. The van der Waals surface area contributed by atoms with Crippen LogP contribution in [0.25, 0.3) is 0 Å². The van der Waals surface area contributed by atoms with Crippen LogP contribution in [0.4, 0.5) is 5.13 Å². The van der Waals surface area contributed by atoms with Gasteiger partial charge in [0.15, 0.2) is 5.13 Å². The van der Waals surface area contributed by atoms with E-state index in [2.05, 4.69) is 15.6 Å². The highest BCUT2D eigenvalue weighted by Crippen LogP contribution is 2.30. The second kappa shape index (κ2) is 6.24. The zero-order valence-corrected chi connectivity index (χ0v) is 12.5. The largest absolute Gasteiger partial charge is 0.317 e. The Hall–Kier alpha value is -0.590. The van der Waals surface area contributed by atoms with Crippen molar-refractivity contribution in [1.29, 1.82) is 0 Å². The van der Waals surface area contributed by atoms with Crippen LogP contribution in [0.5, 0.6) is 0 Å². The number of carbonyl (C=O) groups is 1. The Labute approximate surface area is 121 Å². The average molecular weight is 297 g/mol. The smallest absolute Gasteiger partial charge is 0.236 e. The van der Waals surface area contributed by atoms with Crippen molar-refractivity contribution < 1.29 is 4.79 Å². The maximum Gasteiger partial charge on any atom is 0.236 e. The van der Waals surface area contributed by atoms with E-state index in [4.69, 9.17) is 0 Å². The molecule has 1 aliphatic carbocycles. The second-order valence-electron chi connectivity index (χ2n) is 5.05. The Bertz CT molecular complexity index is 433. The first kappa shape index (κ1) is 13.4. The number of hydrogen-bond acceptors (Lipinski definition) is 5. The van der Waals surface area contributed by atoms with E-state index in [1.807, 2.05) is 0 Å². The van der Waals surface area contributed by atoms with Gasteiger partial charge < -0.3 is 10.6 Å². The van der Waals surface area contributed by atoms with Gasteiger partial charge in [-0.05, 0) is 45.2 Å². The Morgan fingerprint density at radius 3 is 3.05 bits per heavy atom. The summed E-state index contributed by atoms with van der Waals surface area (Å²) in [6.45, 7) is 2.16. The lowest BCUT2D eigenvalue weighted by Crippen LogP contribution is -2.30. The van der Waals surface area contributed by atoms with Crippen molar-refractivity contribution in [2.24, 2.45) is 0 Å². The van der Waals surface area contributed by atoms with Crippen molar-refractivity contribution in [2.45, 2.75) is 37.4 Å². The number of piperidine rings is 1. The van der Waals surface area contributed by atoms with Gasteiger partial charge in [0, 0.05) is 10.1 Å². The topological polar surface area (TPSA) is 54.0 Å². The molecule has 0 aromatic carbocycles. The predicted molar refractivity (Wildman–Crippen MR) is 81.1 cm³/mol. The molecule has 4 nitrogen and oxygen atoms in total.